The summed E-state index contributed by atoms with van der Waals surface area (Å²) in [5.41, 5.74) is 2.04. The van der Waals surface area contributed by atoms with Gasteiger partial charge in [-0.15, -0.1) is 0 Å². The lowest BCUT2D eigenvalue weighted by Gasteiger charge is -2.18. The minimum atomic E-state index is 0.00837. The maximum Gasteiger partial charge on any atom is 0.209 e. The molecule has 0 radical (unpaired) electrons. The van der Waals surface area contributed by atoms with Crippen LogP contribution in [0.15, 0.2) is 29.8 Å². The van der Waals surface area contributed by atoms with Crippen molar-refractivity contribution in [3.63, 3.8) is 0 Å². The van der Waals surface area contributed by atoms with Gasteiger partial charge in [0.15, 0.2) is 0 Å². The van der Waals surface area contributed by atoms with Gasteiger partial charge >= 0.3 is 0 Å². The van der Waals surface area contributed by atoms with E-state index in [0.29, 0.717) is 10.6 Å². The van der Waals surface area contributed by atoms with Crippen LogP contribution in [0.1, 0.15) is 12.5 Å². The number of rotatable bonds is 5. The average Bonchev–Trinajstić information content (AvgIpc) is 2.36. The second kappa shape index (κ2) is 6.92. The Balaban J connectivity index is 2.86. The topological polar surface area (TPSA) is 86.2 Å². The van der Waals surface area contributed by atoms with Gasteiger partial charge in [0.05, 0.1) is 5.69 Å². The second-order valence-electron chi connectivity index (χ2n) is 3.98. The molecule has 0 aliphatic rings. The van der Waals surface area contributed by atoms with Crippen molar-refractivity contribution in [2.75, 3.05) is 12.1 Å². The Labute approximate surface area is 117 Å². The number of allylic oxidation sites excluding steroid dienone is 1. The lowest BCUT2D eigenvalue weighted by atomic mass is 10.2. The smallest absolute Gasteiger partial charge is 0.209 e. The number of ether oxygens (including phenoxy) is 1. The minimum Gasteiger partial charge on any atom is -0.473 e. The summed E-state index contributed by atoms with van der Waals surface area (Å²) in [5, 5.41) is 16.7. The van der Waals surface area contributed by atoms with Gasteiger partial charge in [-0.25, -0.2) is 5.84 Å². The maximum absolute atomic E-state index is 7.71. The van der Waals surface area contributed by atoms with Gasteiger partial charge in [-0.1, -0.05) is 17.7 Å². The van der Waals surface area contributed by atoms with Crippen LogP contribution < -0.4 is 10.9 Å². The van der Waals surface area contributed by atoms with Crippen LogP contribution in [0.2, 0.25) is 5.02 Å². The van der Waals surface area contributed by atoms with Gasteiger partial charge in [0.2, 0.25) is 5.90 Å². The maximum atomic E-state index is 7.71. The van der Waals surface area contributed by atoms with Crippen LogP contribution in [0, 0.1) is 10.8 Å². The van der Waals surface area contributed by atoms with Gasteiger partial charge in [0, 0.05) is 29.4 Å². The molecule has 0 unspecified atom stereocenters. The van der Waals surface area contributed by atoms with Crippen molar-refractivity contribution in [3.8, 4) is 0 Å². The SMILES string of the molecule is C/C(=C/C=N)C(=N)OCc1c(Cl)cccc1N(C)N. The van der Waals surface area contributed by atoms with Crippen molar-refractivity contribution < 1.29 is 4.74 Å². The normalized spacial score (nSPS) is 11.1. The zero-order valence-electron chi connectivity index (χ0n) is 10.9. The predicted octanol–water partition coefficient (Wildman–Crippen LogP) is 2.74. The van der Waals surface area contributed by atoms with E-state index in [4.69, 9.17) is 33.0 Å². The third-order valence-corrected chi connectivity index (χ3v) is 2.88. The number of nitrogens with zero attached hydrogens (tertiary/aromatic N) is 1. The summed E-state index contributed by atoms with van der Waals surface area (Å²) < 4.78 is 5.36. The highest BCUT2D eigenvalue weighted by Gasteiger charge is 2.11. The molecule has 4 N–H and O–H groups in total. The van der Waals surface area contributed by atoms with Gasteiger partial charge in [-0.05, 0) is 25.1 Å². The van der Waals surface area contributed by atoms with E-state index >= 15 is 0 Å². The van der Waals surface area contributed by atoms with E-state index in [1.54, 1.807) is 26.1 Å². The summed E-state index contributed by atoms with van der Waals surface area (Å²) >= 11 is 6.11. The Morgan fingerprint density at radius 1 is 1.53 bits per heavy atom. The number of hydrogen-bond acceptors (Lipinski definition) is 5. The molecule has 0 saturated heterocycles. The van der Waals surface area contributed by atoms with Crippen molar-refractivity contribution in [3.05, 3.63) is 40.4 Å². The molecule has 1 aromatic rings. The molecule has 0 aromatic heterocycles. The Hall–Kier alpha value is -1.85. The van der Waals surface area contributed by atoms with Crippen LogP contribution in [0.3, 0.4) is 0 Å². The quantitative estimate of drug-likeness (QED) is 0.335. The molecule has 19 heavy (non-hydrogen) atoms. The van der Waals surface area contributed by atoms with E-state index in [9.17, 15) is 0 Å². The molecule has 0 atom stereocenters. The van der Waals surface area contributed by atoms with Crippen molar-refractivity contribution in [1.82, 2.24) is 0 Å². The summed E-state index contributed by atoms with van der Waals surface area (Å²) in [6.45, 7) is 1.86. The number of halogens is 1. The molecular formula is C13H17ClN4O. The molecule has 102 valence electrons. The van der Waals surface area contributed by atoms with Crippen molar-refractivity contribution in [2.45, 2.75) is 13.5 Å². The Kier molecular flexibility index (Phi) is 5.54. The van der Waals surface area contributed by atoms with E-state index in [2.05, 4.69) is 0 Å². The number of nitrogens with one attached hydrogen (secondary N) is 2. The molecule has 1 aromatic carbocycles. The van der Waals surface area contributed by atoms with Crippen molar-refractivity contribution in [1.29, 1.82) is 10.8 Å². The number of hydrazine groups is 1. The summed E-state index contributed by atoms with van der Waals surface area (Å²) in [5.74, 6) is 5.73. The van der Waals surface area contributed by atoms with Gasteiger partial charge in [-0.2, -0.15) is 0 Å². The Bertz CT molecular complexity index is 511. The summed E-state index contributed by atoms with van der Waals surface area (Å²) in [6.07, 6.45) is 2.60. The first kappa shape index (κ1) is 15.2. The van der Waals surface area contributed by atoms with Crippen LogP contribution in [-0.2, 0) is 11.3 Å². The van der Waals surface area contributed by atoms with E-state index in [1.807, 2.05) is 6.07 Å². The number of hydrogen-bond donors (Lipinski definition) is 3. The number of nitrogens with two attached hydrogens (primary N) is 1. The Morgan fingerprint density at radius 3 is 2.79 bits per heavy atom. The lowest BCUT2D eigenvalue weighted by Crippen LogP contribution is -2.26. The van der Waals surface area contributed by atoms with Crippen LogP contribution in [0.25, 0.3) is 0 Å². The van der Waals surface area contributed by atoms with Gasteiger partial charge in [-0.3, -0.25) is 5.41 Å². The summed E-state index contributed by atoms with van der Waals surface area (Å²) in [7, 11) is 1.71. The predicted molar refractivity (Wildman–Crippen MR) is 79.1 cm³/mol. The zero-order chi connectivity index (χ0) is 14.4. The highest BCUT2D eigenvalue weighted by atomic mass is 35.5. The molecule has 0 aliphatic heterocycles. The standard InChI is InChI=1S/C13H17ClN4O/c1-9(6-7-15)13(16)19-8-10-11(14)4-3-5-12(10)18(2)17/h3-7,15-16H,8,17H2,1-2H3/b9-6-,15-7?,16-13?. The van der Waals surface area contributed by atoms with Crippen LogP contribution in [-0.4, -0.2) is 19.2 Å². The van der Waals surface area contributed by atoms with Crippen LogP contribution in [0.4, 0.5) is 5.69 Å². The molecule has 1 rings (SSSR count). The fourth-order valence-electron chi connectivity index (χ4n) is 1.48. The van der Waals surface area contributed by atoms with E-state index in [1.165, 1.54) is 11.1 Å². The molecular weight excluding hydrogens is 264 g/mol. The van der Waals surface area contributed by atoms with Crippen LogP contribution in [0.5, 0.6) is 0 Å². The van der Waals surface area contributed by atoms with Gasteiger partial charge in [0.1, 0.15) is 6.61 Å². The molecule has 0 aliphatic carbocycles. The lowest BCUT2D eigenvalue weighted by molar-refractivity contribution is 0.290. The van der Waals surface area contributed by atoms with Crippen LogP contribution >= 0.6 is 11.6 Å². The molecule has 6 heteroatoms. The molecule has 5 nitrogen and oxygen atoms in total. The first-order valence-corrected chi connectivity index (χ1v) is 6.00. The third kappa shape index (κ3) is 4.08. The molecule has 0 spiro atoms. The number of anilines is 1. The Morgan fingerprint density at radius 2 is 2.21 bits per heavy atom. The second-order valence-corrected chi connectivity index (χ2v) is 4.39. The molecule has 0 bridgehead atoms. The highest BCUT2D eigenvalue weighted by molar-refractivity contribution is 6.31. The molecule has 0 heterocycles. The first-order chi connectivity index (χ1) is 8.97. The first-order valence-electron chi connectivity index (χ1n) is 5.62. The van der Waals surface area contributed by atoms with Gasteiger partial charge < -0.3 is 15.2 Å². The molecule has 0 fully saturated rings. The molecule has 0 saturated carbocycles. The fourth-order valence-corrected chi connectivity index (χ4v) is 1.70. The zero-order valence-corrected chi connectivity index (χ0v) is 11.7. The monoisotopic (exact) mass is 280 g/mol. The minimum absolute atomic E-state index is 0.00837. The average molecular weight is 281 g/mol. The summed E-state index contributed by atoms with van der Waals surface area (Å²) in [6, 6.07) is 5.38. The van der Waals surface area contributed by atoms with Crippen molar-refractivity contribution >= 4 is 29.4 Å². The summed E-state index contributed by atoms with van der Waals surface area (Å²) in [4.78, 5) is 0. The van der Waals surface area contributed by atoms with Gasteiger partial charge in [0.25, 0.3) is 0 Å². The fraction of sp³-hybridized carbons (Fsp3) is 0.231. The molecule has 0 amide bonds. The third-order valence-electron chi connectivity index (χ3n) is 2.53. The van der Waals surface area contributed by atoms with E-state index in [0.717, 1.165) is 17.5 Å². The van der Waals surface area contributed by atoms with Crippen molar-refractivity contribution in [2.24, 2.45) is 5.84 Å². The largest absolute Gasteiger partial charge is 0.473 e. The highest BCUT2D eigenvalue weighted by Crippen LogP contribution is 2.26. The van der Waals surface area contributed by atoms with E-state index in [-0.39, 0.29) is 12.5 Å². The van der Waals surface area contributed by atoms with E-state index < -0.39 is 0 Å². The number of benzene rings is 1.